The molecule has 0 spiro atoms. The lowest BCUT2D eigenvalue weighted by Gasteiger charge is -2.34. The number of fused-ring (bicyclic) bond motifs is 2. The SMILES string of the molecule is O=C1c2cc(F)c(Cl)nc2CC2CCCCC12. The summed E-state index contributed by atoms with van der Waals surface area (Å²) in [5.41, 5.74) is 1.14. The molecule has 1 fully saturated rings. The predicted octanol–water partition coefficient (Wildman–Crippen LogP) is 3.42. The van der Waals surface area contributed by atoms with E-state index in [0.29, 0.717) is 17.2 Å². The van der Waals surface area contributed by atoms with E-state index in [1.165, 1.54) is 12.5 Å². The number of Topliss-reactive ketones (excluding diaryl/α,β-unsaturated/α-hetero) is 1. The molecule has 1 heterocycles. The van der Waals surface area contributed by atoms with Gasteiger partial charge in [-0.2, -0.15) is 0 Å². The molecule has 1 aromatic heterocycles. The summed E-state index contributed by atoms with van der Waals surface area (Å²) < 4.78 is 13.4. The minimum absolute atomic E-state index is 0.0685. The Bertz CT molecular complexity index is 489. The highest BCUT2D eigenvalue weighted by molar-refractivity contribution is 6.29. The van der Waals surface area contributed by atoms with Crippen molar-refractivity contribution in [1.82, 2.24) is 4.98 Å². The van der Waals surface area contributed by atoms with Crippen LogP contribution in [-0.4, -0.2) is 10.8 Å². The fraction of sp³-hybridized carbons (Fsp3) is 0.538. The quantitative estimate of drug-likeness (QED) is 0.663. The second kappa shape index (κ2) is 4.05. The standard InChI is InChI=1S/C13H13ClFNO/c14-13-10(15)6-9-11(16-13)5-7-3-1-2-4-8(7)12(9)17/h6-8H,1-5H2. The molecule has 0 amide bonds. The van der Waals surface area contributed by atoms with Crippen LogP contribution in [0, 0.1) is 17.7 Å². The molecule has 0 aliphatic heterocycles. The van der Waals surface area contributed by atoms with Gasteiger partial charge in [-0.15, -0.1) is 0 Å². The molecule has 1 saturated carbocycles. The highest BCUT2D eigenvalue weighted by Crippen LogP contribution is 2.39. The minimum atomic E-state index is -0.590. The summed E-state index contributed by atoms with van der Waals surface area (Å²) in [7, 11) is 0. The fourth-order valence-electron chi connectivity index (χ4n) is 3.12. The predicted molar refractivity (Wildman–Crippen MR) is 62.7 cm³/mol. The number of pyridine rings is 1. The first-order valence-corrected chi connectivity index (χ1v) is 6.43. The van der Waals surface area contributed by atoms with E-state index >= 15 is 0 Å². The minimum Gasteiger partial charge on any atom is -0.294 e. The Morgan fingerprint density at radius 2 is 2.12 bits per heavy atom. The molecule has 1 aromatic rings. The van der Waals surface area contributed by atoms with E-state index in [9.17, 15) is 9.18 Å². The number of carbonyl (C=O) groups excluding carboxylic acids is 1. The molecule has 2 unspecified atom stereocenters. The molecule has 0 saturated heterocycles. The first-order valence-electron chi connectivity index (χ1n) is 6.06. The van der Waals surface area contributed by atoms with Crippen molar-refractivity contribution < 1.29 is 9.18 Å². The topological polar surface area (TPSA) is 30.0 Å². The average molecular weight is 254 g/mol. The Kier molecular flexibility index (Phi) is 2.66. The summed E-state index contributed by atoms with van der Waals surface area (Å²) in [5, 5.41) is -0.120. The van der Waals surface area contributed by atoms with Crippen molar-refractivity contribution in [2.75, 3.05) is 0 Å². The Hall–Kier alpha value is -0.960. The van der Waals surface area contributed by atoms with Crippen LogP contribution in [0.5, 0.6) is 0 Å². The molecule has 2 nitrogen and oxygen atoms in total. The Morgan fingerprint density at radius 3 is 2.94 bits per heavy atom. The number of aromatic nitrogens is 1. The summed E-state index contributed by atoms with van der Waals surface area (Å²) >= 11 is 5.67. The van der Waals surface area contributed by atoms with Crippen molar-refractivity contribution in [2.24, 2.45) is 11.8 Å². The van der Waals surface area contributed by atoms with Crippen molar-refractivity contribution in [3.05, 3.63) is 28.3 Å². The summed E-state index contributed by atoms with van der Waals surface area (Å²) in [6.07, 6.45) is 5.07. The molecule has 90 valence electrons. The van der Waals surface area contributed by atoms with Crippen molar-refractivity contribution in [1.29, 1.82) is 0 Å². The zero-order valence-electron chi connectivity index (χ0n) is 9.38. The molecule has 0 bridgehead atoms. The number of rotatable bonds is 0. The van der Waals surface area contributed by atoms with Gasteiger partial charge in [0.1, 0.15) is 0 Å². The van der Waals surface area contributed by atoms with Crippen LogP contribution in [-0.2, 0) is 6.42 Å². The monoisotopic (exact) mass is 253 g/mol. The largest absolute Gasteiger partial charge is 0.294 e. The maximum Gasteiger partial charge on any atom is 0.168 e. The lowest BCUT2D eigenvalue weighted by atomic mass is 9.69. The van der Waals surface area contributed by atoms with Gasteiger partial charge in [-0.25, -0.2) is 9.37 Å². The lowest BCUT2D eigenvalue weighted by Crippen LogP contribution is -2.34. The molecule has 4 heteroatoms. The van der Waals surface area contributed by atoms with Gasteiger partial charge < -0.3 is 0 Å². The summed E-state index contributed by atoms with van der Waals surface area (Å²) in [6, 6.07) is 1.26. The molecule has 17 heavy (non-hydrogen) atoms. The van der Waals surface area contributed by atoms with Gasteiger partial charge in [0.2, 0.25) is 0 Å². The van der Waals surface area contributed by atoms with Gasteiger partial charge in [-0.05, 0) is 31.2 Å². The van der Waals surface area contributed by atoms with E-state index < -0.39 is 5.82 Å². The molecular weight excluding hydrogens is 241 g/mol. The lowest BCUT2D eigenvalue weighted by molar-refractivity contribution is 0.0797. The van der Waals surface area contributed by atoms with Gasteiger partial charge in [-0.3, -0.25) is 4.79 Å². The van der Waals surface area contributed by atoms with E-state index in [-0.39, 0.29) is 16.9 Å². The molecule has 2 atom stereocenters. The highest BCUT2D eigenvalue weighted by Gasteiger charge is 2.38. The van der Waals surface area contributed by atoms with Gasteiger partial charge in [0.15, 0.2) is 16.8 Å². The second-order valence-corrected chi connectivity index (χ2v) is 5.33. The maximum atomic E-state index is 13.4. The molecule has 0 radical (unpaired) electrons. The number of carbonyl (C=O) groups is 1. The van der Waals surface area contributed by atoms with Gasteiger partial charge >= 0.3 is 0 Å². The summed E-state index contributed by atoms with van der Waals surface area (Å²) in [4.78, 5) is 16.3. The molecule has 0 aromatic carbocycles. The van der Waals surface area contributed by atoms with Crippen molar-refractivity contribution in [3.8, 4) is 0 Å². The van der Waals surface area contributed by atoms with Crippen molar-refractivity contribution in [2.45, 2.75) is 32.1 Å². The van der Waals surface area contributed by atoms with Crippen LogP contribution in [0.2, 0.25) is 5.15 Å². The zero-order chi connectivity index (χ0) is 12.0. The van der Waals surface area contributed by atoms with Gasteiger partial charge in [0, 0.05) is 11.5 Å². The van der Waals surface area contributed by atoms with Gasteiger partial charge in [0.05, 0.1) is 5.69 Å². The van der Waals surface area contributed by atoms with Gasteiger partial charge in [-0.1, -0.05) is 24.4 Å². The summed E-state index contributed by atoms with van der Waals surface area (Å²) in [5.74, 6) is -0.0524. The third kappa shape index (κ3) is 1.77. The zero-order valence-corrected chi connectivity index (χ0v) is 10.1. The number of ketones is 1. The van der Waals surface area contributed by atoms with Crippen LogP contribution < -0.4 is 0 Å². The Labute approximate surface area is 104 Å². The average Bonchev–Trinajstić information content (AvgIpc) is 2.32. The third-order valence-corrected chi connectivity index (χ3v) is 4.24. The summed E-state index contributed by atoms with van der Waals surface area (Å²) in [6.45, 7) is 0. The normalized spacial score (nSPS) is 27.5. The highest BCUT2D eigenvalue weighted by atomic mass is 35.5. The van der Waals surface area contributed by atoms with Crippen molar-refractivity contribution in [3.63, 3.8) is 0 Å². The number of nitrogens with zero attached hydrogens (tertiary/aromatic N) is 1. The second-order valence-electron chi connectivity index (χ2n) is 4.97. The van der Waals surface area contributed by atoms with E-state index in [4.69, 9.17) is 11.6 Å². The van der Waals surface area contributed by atoms with Crippen LogP contribution in [0.25, 0.3) is 0 Å². The molecule has 2 aliphatic carbocycles. The van der Waals surface area contributed by atoms with Crippen LogP contribution >= 0.6 is 11.6 Å². The van der Waals surface area contributed by atoms with Crippen LogP contribution in [0.3, 0.4) is 0 Å². The number of hydrogen-bond donors (Lipinski definition) is 0. The Balaban J connectivity index is 2.06. The van der Waals surface area contributed by atoms with Crippen LogP contribution in [0.4, 0.5) is 4.39 Å². The first kappa shape index (κ1) is 11.1. The first-order chi connectivity index (χ1) is 8.16. The van der Waals surface area contributed by atoms with E-state index in [1.807, 2.05) is 0 Å². The van der Waals surface area contributed by atoms with E-state index in [0.717, 1.165) is 25.7 Å². The van der Waals surface area contributed by atoms with Gasteiger partial charge in [0.25, 0.3) is 0 Å². The molecule has 2 aliphatic rings. The van der Waals surface area contributed by atoms with Crippen LogP contribution in [0.1, 0.15) is 41.7 Å². The van der Waals surface area contributed by atoms with Crippen LogP contribution in [0.15, 0.2) is 6.07 Å². The van der Waals surface area contributed by atoms with E-state index in [1.54, 1.807) is 0 Å². The maximum absolute atomic E-state index is 13.4. The third-order valence-electron chi connectivity index (χ3n) is 3.98. The smallest absolute Gasteiger partial charge is 0.168 e. The number of hydrogen-bond acceptors (Lipinski definition) is 2. The molecular formula is C13H13ClFNO. The molecule has 3 rings (SSSR count). The fourth-order valence-corrected chi connectivity index (χ4v) is 3.27. The Morgan fingerprint density at radius 1 is 1.35 bits per heavy atom. The van der Waals surface area contributed by atoms with Crippen molar-refractivity contribution >= 4 is 17.4 Å². The number of halogens is 2. The van der Waals surface area contributed by atoms with E-state index in [2.05, 4.69) is 4.98 Å². The molecule has 0 N–H and O–H groups in total.